The van der Waals surface area contributed by atoms with Crippen LogP contribution in [0, 0.1) is 0 Å². The lowest BCUT2D eigenvalue weighted by Gasteiger charge is -2.07. The Morgan fingerprint density at radius 2 is 2.06 bits per heavy atom. The molecule has 7 heteroatoms. The predicted molar refractivity (Wildman–Crippen MR) is 71.8 cm³/mol. The van der Waals surface area contributed by atoms with E-state index >= 15 is 0 Å². The van der Waals surface area contributed by atoms with Crippen molar-refractivity contribution < 1.29 is 4.74 Å². The fourth-order valence-corrected chi connectivity index (χ4v) is 1.85. The van der Waals surface area contributed by atoms with Crippen LogP contribution in [-0.4, -0.2) is 21.2 Å². The highest BCUT2D eigenvalue weighted by atomic mass is 35.5. The topological polar surface area (TPSA) is 73.9 Å². The fraction of sp³-hybridized carbons (Fsp3) is 0.182. The van der Waals surface area contributed by atoms with E-state index in [-0.39, 0.29) is 12.6 Å². The number of benzene rings is 1. The lowest BCUT2D eigenvalue weighted by molar-refractivity contribution is 0.294. The minimum Gasteiger partial charge on any atom is -0.484 e. The molecule has 1 aromatic carbocycles. The molecule has 0 unspecified atom stereocenters. The number of nitrogens with zero attached hydrogens (tertiary/aromatic N) is 3. The zero-order valence-electron chi connectivity index (χ0n) is 9.63. The molecule has 2 aromatic rings. The third-order valence-electron chi connectivity index (χ3n) is 2.05. The summed E-state index contributed by atoms with van der Waals surface area (Å²) in [4.78, 5) is 12.2. The first-order chi connectivity index (χ1) is 8.69. The van der Waals surface area contributed by atoms with Gasteiger partial charge in [0.2, 0.25) is 5.95 Å². The Bertz CT molecular complexity index is 552. The fourth-order valence-electron chi connectivity index (χ4n) is 1.28. The third kappa shape index (κ3) is 3.24. The van der Waals surface area contributed by atoms with E-state index in [0.717, 1.165) is 0 Å². The third-order valence-corrected chi connectivity index (χ3v) is 2.91. The highest BCUT2D eigenvalue weighted by Gasteiger charge is 2.06. The first kappa shape index (κ1) is 12.9. The van der Waals surface area contributed by atoms with Crippen LogP contribution in [-0.2, 0) is 6.61 Å². The second-order valence-electron chi connectivity index (χ2n) is 3.32. The van der Waals surface area contributed by atoms with Gasteiger partial charge >= 0.3 is 0 Å². The monoisotopic (exact) mass is 282 g/mol. The maximum atomic E-state index is 5.97. The summed E-state index contributed by atoms with van der Waals surface area (Å²) in [5.41, 5.74) is 5.58. The molecule has 0 bridgehead atoms. The highest BCUT2D eigenvalue weighted by molar-refractivity contribution is 7.98. The predicted octanol–water partition coefficient (Wildman–Crippen LogP) is 2.41. The molecule has 0 atom stereocenters. The zero-order valence-corrected chi connectivity index (χ0v) is 11.2. The minimum absolute atomic E-state index is 0.187. The van der Waals surface area contributed by atoms with Crippen molar-refractivity contribution in [1.82, 2.24) is 15.0 Å². The molecule has 0 saturated heterocycles. The van der Waals surface area contributed by atoms with Crippen molar-refractivity contribution in [1.29, 1.82) is 0 Å². The smallest absolute Gasteiger partial charge is 0.224 e. The number of thioether (sulfide) groups is 1. The lowest BCUT2D eigenvalue weighted by atomic mass is 10.3. The molecule has 94 valence electrons. The zero-order chi connectivity index (χ0) is 13.0. The lowest BCUT2D eigenvalue weighted by Crippen LogP contribution is -2.07. The van der Waals surface area contributed by atoms with Gasteiger partial charge < -0.3 is 10.5 Å². The Kier molecular flexibility index (Phi) is 4.22. The highest BCUT2D eigenvalue weighted by Crippen LogP contribution is 2.23. The van der Waals surface area contributed by atoms with E-state index < -0.39 is 0 Å². The van der Waals surface area contributed by atoms with Crippen molar-refractivity contribution in [3.05, 3.63) is 35.1 Å². The van der Waals surface area contributed by atoms with Gasteiger partial charge in [-0.3, -0.25) is 0 Å². The van der Waals surface area contributed by atoms with E-state index in [1.54, 1.807) is 12.1 Å². The number of hydrogen-bond acceptors (Lipinski definition) is 6. The summed E-state index contributed by atoms with van der Waals surface area (Å²) in [5.74, 6) is 1.25. The van der Waals surface area contributed by atoms with E-state index in [1.165, 1.54) is 11.8 Å². The number of aromatic nitrogens is 3. The quantitative estimate of drug-likeness (QED) is 0.868. The van der Waals surface area contributed by atoms with Gasteiger partial charge in [0, 0.05) is 0 Å². The van der Waals surface area contributed by atoms with E-state index in [0.29, 0.717) is 21.8 Å². The van der Waals surface area contributed by atoms with Gasteiger partial charge in [-0.1, -0.05) is 35.5 Å². The van der Waals surface area contributed by atoms with Crippen molar-refractivity contribution in [3.8, 4) is 5.75 Å². The molecule has 18 heavy (non-hydrogen) atoms. The maximum Gasteiger partial charge on any atom is 0.224 e. The first-order valence-electron chi connectivity index (χ1n) is 5.11. The molecule has 0 aliphatic heterocycles. The van der Waals surface area contributed by atoms with Crippen molar-refractivity contribution in [3.63, 3.8) is 0 Å². The number of nitrogens with two attached hydrogens (primary N) is 1. The van der Waals surface area contributed by atoms with Crippen LogP contribution in [0.5, 0.6) is 5.75 Å². The van der Waals surface area contributed by atoms with Crippen LogP contribution in [0.1, 0.15) is 5.82 Å². The van der Waals surface area contributed by atoms with Crippen molar-refractivity contribution in [2.45, 2.75) is 11.8 Å². The van der Waals surface area contributed by atoms with Crippen molar-refractivity contribution >= 4 is 29.3 Å². The van der Waals surface area contributed by atoms with Gasteiger partial charge in [-0.2, -0.15) is 9.97 Å². The Balaban J connectivity index is 2.11. The molecular weight excluding hydrogens is 272 g/mol. The molecule has 0 saturated carbocycles. The van der Waals surface area contributed by atoms with Gasteiger partial charge in [-0.05, 0) is 18.4 Å². The molecule has 1 heterocycles. The van der Waals surface area contributed by atoms with Gasteiger partial charge in [-0.25, -0.2) is 4.98 Å². The Morgan fingerprint density at radius 3 is 2.78 bits per heavy atom. The Labute approximate surface area is 114 Å². The number of para-hydroxylation sites is 1. The molecule has 0 aliphatic rings. The van der Waals surface area contributed by atoms with Gasteiger partial charge in [-0.15, -0.1) is 0 Å². The molecule has 0 fully saturated rings. The molecule has 0 amide bonds. The summed E-state index contributed by atoms with van der Waals surface area (Å²) in [6.45, 7) is 0.198. The van der Waals surface area contributed by atoms with Crippen LogP contribution in [0.3, 0.4) is 0 Å². The molecule has 1 aromatic heterocycles. The van der Waals surface area contributed by atoms with E-state index in [4.69, 9.17) is 22.1 Å². The number of nitrogen functional groups attached to an aromatic ring is 1. The second kappa shape index (κ2) is 5.88. The van der Waals surface area contributed by atoms with Gasteiger partial charge in [0.25, 0.3) is 0 Å². The molecule has 2 N–H and O–H groups in total. The van der Waals surface area contributed by atoms with Gasteiger partial charge in [0.1, 0.15) is 12.4 Å². The average molecular weight is 283 g/mol. The Morgan fingerprint density at radius 1 is 1.28 bits per heavy atom. The molecule has 0 spiro atoms. The van der Waals surface area contributed by atoms with Crippen molar-refractivity contribution in [2.75, 3.05) is 12.0 Å². The SMILES string of the molecule is CSc1nc(N)nc(COc2ccccc2Cl)n1. The number of ether oxygens (including phenoxy) is 1. The molecule has 2 rings (SSSR count). The van der Waals surface area contributed by atoms with Crippen LogP contribution in [0.4, 0.5) is 5.95 Å². The number of anilines is 1. The minimum atomic E-state index is 0.187. The molecule has 0 radical (unpaired) electrons. The van der Waals surface area contributed by atoms with Crippen LogP contribution in [0.2, 0.25) is 5.02 Å². The average Bonchev–Trinajstić information content (AvgIpc) is 2.37. The second-order valence-corrected chi connectivity index (χ2v) is 4.50. The maximum absolute atomic E-state index is 5.97. The molecular formula is C11H11ClN4OS. The van der Waals surface area contributed by atoms with Gasteiger partial charge in [0.15, 0.2) is 11.0 Å². The molecule has 5 nitrogen and oxygen atoms in total. The van der Waals surface area contributed by atoms with E-state index in [1.807, 2.05) is 18.4 Å². The summed E-state index contributed by atoms with van der Waals surface area (Å²) < 4.78 is 5.53. The van der Waals surface area contributed by atoms with Crippen LogP contribution in [0.25, 0.3) is 0 Å². The van der Waals surface area contributed by atoms with E-state index in [9.17, 15) is 0 Å². The van der Waals surface area contributed by atoms with Crippen LogP contribution < -0.4 is 10.5 Å². The van der Waals surface area contributed by atoms with Gasteiger partial charge in [0.05, 0.1) is 5.02 Å². The standard InChI is InChI=1S/C11H11ClN4OS/c1-18-11-15-9(14-10(13)16-11)6-17-8-5-3-2-4-7(8)12/h2-5H,6H2,1H3,(H2,13,14,15,16). The number of halogens is 1. The summed E-state index contributed by atoms with van der Waals surface area (Å²) in [7, 11) is 0. The Hall–Kier alpha value is -1.53. The normalized spacial score (nSPS) is 10.3. The molecule has 0 aliphatic carbocycles. The summed E-state index contributed by atoms with van der Waals surface area (Å²) >= 11 is 7.37. The summed E-state index contributed by atoms with van der Waals surface area (Å²) in [6, 6.07) is 7.21. The van der Waals surface area contributed by atoms with Crippen molar-refractivity contribution in [2.24, 2.45) is 0 Å². The first-order valence-corrected chi connectivity index (χ1v) is 6.71. The largest absolute Gasteiger partial charge is 0.484 e. The number of rotatable bonds is 4. The van der Waals surface area contributed by atoms with E-state index in [2.05, 4.69) is 15.0 Å². The summed E-state index contributed by atoms with van der Waals surface area (Å²) in [6.07, 6.45) is 1.87. The summed E-state index contributed by atoms with van der Waals surface area (Å²) in [5, 5.41) is 1.12. The number of hydrogen-bond donors (Lipinski definition) is 1. The van der Waals surface area contributed by atoms with Crippen LogP contribution >= 0.6 is 23.4 Å². The van der Waals surface area contributed by atoms with Crippen LogP contribution in [0.15, 0.2) is 29.4 Å².